The summed E-state index contributed by atoms with van der Waals surface area (Å²) in [5.74, 6) is 0.816. The molecule has 0 radical (unpaired) electrons. The highest BCUT2D eigenvalue weighted by atomic mass is 16.7. The van der Waals surface area contributed by atoms with Crippen molar-refractivity contribution < 1.29 is 54.7 Å². The molecule has 0 spiro atoms. The molecule has 2 saturated heterocycles. The Morgan fingerprint density at radius 1 is 0.860 bits per heavy atom. The molecule has 13 atom stereocenters. The van der Waals surface area contributed by atoms with Gasteiger partial charge in [-0.15, -0.1) is 0 Å². The topological polar surface area (TPSA) is 179 Å². The Morgan fingerprint density at radius 3 is 2.21 bits per heavy atom. The summed E-state index contributed by atoms with van der Waals surface area (Å²) >= 11 is 0. The Bertz CT molecular complexity index is 1100. The standard InChI is InChI=1S/C32H50O11/c1-16(2)17-6-8-19-18(12-17)7-9-22-31(3,10-5-11-32(19,22)4)15-40-29-27(39)25(37)28(21(14-34)42-29)43-30-26(38)24(36)23(35)20(13-33)41-30/h6,8,12,16,20-30,33-39H,5,7,9-11,13-15H2,1-4H3/t20-,21-,22+,23-,24+,25-,26-,27-,28-,29-,30-,31+,32-/m1/s1. The van der Waals surface area contributed by atoms with Gasteiger partial charge in [0.1, 0.15) is 48.8 Å². The number of aliphatic hydroxyl groups excluding tert-OH is 7. The van der Waals surface area contributed by atoms with E-state index in [1.165, 1.54) is 16.7 Å². The van der Waals surface area contributed by atoms with Crippen LogP contribution in [0.5, 0.6) is 0 Å². The van der Waals surface area contributed by atoms with Crippen molar-refractivity contribution in [2.24, 2.45) is 11.3 Å². The summed E-state index contributed by atoms with van der Waals surface area (Å²) in [5, 5.41) is 72.1. The predicted octanol–water partition coefficient (Wildman–Crippen LogP) is 0.461. The number of aliphatic hydroxyl groups is 7. The van der Waals surface area contributed by atoms with E-state index in [-0.39, 0.29) is 17.4 Å². The van der Waals surface area contributed by atoms with E-state index < -0.39 is 74.6 Å². The Morgan fingerprint density at radius 2 is 1.53 bits per heavy atom. The van der Waals surface area contributed by atoms with E-state index in [9.17, 15) is 35.7 Å². The lowest BCUT2D eigenvalue weighted by atomic mass is 9.50. The van der Waals surface area contributed by atoms with Crippen molar-refractivity contribution >= 4 is 0 Å². The zero-order valence-corrected chi connectivity index (χ0v) is 25.6. The quantitative estimate of drug-likeness (QED) is 0.218. The van der Waals surface area contributed by atoms with Crippen molar-refractivity contribution in [1.29, 1.82) is 0 Å². The molecule has 7 N–H and O–H groups in total. The molecule has 1 saturated carbocycles. The number of aryl methyl sites for hydroxylation is 1. The van der Waals surface area contributed by atoms with Crippen molar-refractivity contribution in [3.05, 3.63) is 34.9 Å². The van der Waals surface area contributed by atoms with E-state index in [4.69, 9.17) is 18.9 Å². The zero-order chi connectivity index (χ0) is 31.3. The maximum absolute atomic E-state index is 11.0. The molecular formula is C32H50O11. The van der Waals surface area contributed by atoms with Crippen molar-refractivity contribution in [1.82, 2.24) is 0 Å². The van der Waals surface area contributed by atoms with Crippen LogP contribution in [0.25, 0.3) is 0 Å². The fourth-order valence-electron chi connectivity index (χ4n) is 8.14. The molecule has 1 aromatic rings. The van der Waals surface area contributed by atoms with E-state index >= 15 is 0 Å². The smallest absolute Gasteiger partial charge is 0.187 e. The van der Waals surface area contributed by atoms with Crippen LogP contribution in [0.4, 0.5) is 0 Å². The van der Waals surface area contributed by atoms with Gasteiger partial charge in [0.15, 0.2) is 12.6 Å². The van der Waals surface area contributed by atoms with E-state index in [1.807, 2.05) is 0 Å². The molecule has 11 heteroatoms. The summed E-state index contributed by atoms with van der Waals surface area (Å²) in [6, 6.07) is 6.94. The van der Waals surface area contributed by atoms with E-state index in [2.05, 4.69) is 45.9 Å². The fourth-order valence-corrected chi connectivity index (χ4v) is 8.14. The molecule has 3 fully saturated rings. The molecule has 0 unspecified atom stereocenters. The monoisotopic (exact) mass is 610 g/mol. The molecule has 5 rings (SSSR count). The van der Waals surface area contributed by atoms with Gasteiger partial charge in [-0.2, -0.15) is 0 Å². The van der Waals surface area contributed by atoms with Crippen LogP contribution in [0.3, 0.4) is 0 Å². The van der Waals surface area contributed by atoms with Crippen LogP contribution in [0.15, 0.2) is 18.2 Å². The lowest BCUT2D eigenvalue weighted by Crippen LogP contribution is -2.65. The molecule has 2 aliphatic carbocycles. The van der Waals surface area contributed by atoms with Crippen LogP contribution in [-0.4, -0.2) is 117 Å². The average Bonchev–Trinajstić information content (AvgIpc) is 2.98. The Kier molecular flexibility index (Phi) is 9.93. The normalized spacial score (nSPS) is 45.1. The van der Waals surface area contributed by atoms with Crippen LogP contribution in [0.2, 0.25) is 0 Å². The number of ether oxygens (including phenoxy) is 4. The Balaban J connectivity index is 1.27. The van der Waals surface area contributed by atoms with E-state index in [1.54, 1.807) is 0 Å². The first-order chi connectivity index (χ1) is 20.3. The lowest BCUT2D eigenvalue weighted by Gasteiger charge is -2.56. The first-order valence-electron chi connectivity index (χ1n) is 15.7. The van der Waals surface area contributed by atoms with Crippen LogP contribution < -0.4 is 0 Å². The SMILES string of the molecule is CC(C)c1ccc2c(c1)CC[C@H]1[C@](C)(CO[C@@H]3O[C@H](CO)[C@@H](O[C@H]4O[C@H](CO)[C@@H](O)[C@H](O)[C@H]4O)[C@H](O)[C@H]3O)CCC[C@]21C. The van der Waals surface area contributed by atoms with Crippen LogP contribution in [0, 0.1) is 11.3 Å². The van der Waals surface area contributed by atoms with Crippen molar-refractivity contribution in [2.75, 3.05) is 19.8 Å². The molecule has 43 heavy (non-hydrogen) atoms. The summed E-state index contributed by atoms with van der Waals surface area (Å²) in [6.45, 7) is 8.06. The van der Waals surface area contributed by atoms with Gasteiger partial charge in [0, 0.05) is 0 Å². The van der Waals surface area contributed by atoms with Crippen LogP contribution >= 0.6 is 0 Å². The van der Waals surface area contributed by atoms with Gasteiger partial charge in [-0.05, 0) is 65.0 Å². The molecule has 2 aliphatic heterocycles. The third-order valence-corrected chi connectivity index (χ3v) is 10.7. The van der Waals surface area contributed by atoms with Gasteiger partial charge in [-0.25, -0.2) is 0 Å². The van der Waals surface area contributed by atoms with Crippen LogP contribution in [0.1, 0.15) is 76.0 Å². The number of hydrogen-bond donors (Lipinski definition) is 7. The molecule has 0 bridgehead atoms. The Labute approximate surface area is 253 Å². The summed E-state index contributed by atoms with van der Waals surface area (Å²) in [5.41, 5.74) is 3.98. The second kappa shape index (κ2) is 12.9. The minimum Gasteiger partial charge on any atom is -0.394 e. The van der Waals surface area contributed by atoms with Gasteiger partial charge < -0.3 is 54.7 Å². The summed E-state index contributed by atoms with van der Waals surface area (Å²) < 4.78 is 23.2. The highest BCUT2D eigenvalue weighted by Gasteiger charge is 2.54. The summed E-state index contributed by atoms with van der Waals surface area (Å²) in [4.78, 5) is 0. The fraction of sp³-hybridized carbons (Fsp3) is 0.812. The van der Waals surface area contributed by atoms with Crippen molar-refractivity contribution in [2.45, 2.75) is 133 Å². The number of fused-ring (bicyclic) bond motifs is 3. The largest absolute Gasteiger partial charge is 0.394 e. The second-order valence-electron chi connectivity index (χ2n) is 13.9. The highest BCUT2D eigenvalue weighted by Crippen LogP contribution is 2.57. The molecular weight excluding hydrogens is 560 g/mol. The lowest BCUT2D eigenvalue weighted by molar-refractivity contribution is -0.361. The maximum atomic E-state index is 11.0. The molecule has 4 aliphatic rings. The molecule has 0 amide bonds. The molecule has 2 heterocycles. The second-order valence-corrected chi connectivity index (χ2v) is 13.9. The maximum Gasteiger partial charge on any atom is 0.187 e. The predicted molar refractivity (Wildman–Crippen MR) is 154 cm³/mol. The first-order valence-corrected chi connectivity index (χ1v) is 15.7. The van der Waals surface area contributed by atoms with Crippen molar-refractivity contribution in [3.8, 4) is 0 Å². The highest BCUT2D eigenvalue weighted by molar-refractivity contribution is 5.42. The van der Waals surface area contributed by atoms with Gasteiger partial charge in [-0.3, -0.25) is 0 Å². The molecule has 0 aromatic heterocycles. The first kappa shape index (κ1) is 33.2. The summed E-state index contributed by atoms with van der Waals surface area (Å²) in [6.07, 6.45) is -9.57. The average molecular weight is 611 g/mol. The minimum absolute atomic E-state index is 0.0109. The van der Waals surface area contributed by atoms with Crippen LogP contribution in [-0.2, 0) is 30.8 Å². The summed E-state index contributed by atoms with van der Waals surface area (Å²) in [7, 11) is 0. The molecule has 244 valence electrons. The number of benzene rings is 1. The molecule has 1 aromatic carbocycles. The van der Waals surface area contributed by atoms with Gasteiger partial charge in [0.2, 0.25) is 0 Å². The van der Waals surface area contributed by atoms with Gasteiger partial charge in [0.05, 0.1) is 19.8 Å². The third-order valence-electron chi connectivity index (χ3n) is 10.7. The number of hydrogen-bond acceptors (Lipinski definition) is 11. The zero-order valence-electron chi connectivity index (χ0n) is 25.6. The van der Waals surface area contributed by atoms with E-state index in [0.29, 0.717) is 11.8 Å². The third kappa shape index (κ3) is 6.04. The van der Waals surface area contributed by atoms with Gasteiger partial charge in [0.25, 0.3) is 0 Å². The van der Waals surface area contributed by atoms with Gasteiger partial charge >= 0.3 is 0 Å². The van der Waals surface area contributed by atoms with Gasteiger partial charge in [-0.1, -0.05) is 52.3 Å². The van der Waals surface area contributed by atoms with E-state index in [0.717, 1.165) is 32.1 Å². The number of rotatable bonds is 8. The molecule has 11 nitrogen and oxygen atoms in total. The Hall–Kier alpha value is -1.22. The van der Waals surface area contributed by atoms with Crippen molar-refractivity contribution in [3.63, 3.8) is 0 Å². The minimum atomic E-state index is -1.71.